The summed E-state index contributed by atoms with van der Waals surface area (Å²) in [6.45, 7) is 5.44. The van der Waals surface area contributed by atoms with Crippen LogP contribution in [0.3, 0.4) is 0 Å². The van der Waals surface area contributed by atoms with Gasteiger partial charge in [-0.05, 0) is 56.9 Å². The number of H-pyrrole nitrogens is 1. The van der Waals surface area contributed by atoms with Gasteiger partial charge in [-0.15, -0.1) is 11.3 Å². The van der Waals surface area contributed by atoms with Gasteiger partial charge in [0.05, 0.1) is 29.3 Å². The third-order valence-corrected chi connectivity index (χ3v) is 7.79. The van der Waals surface area contributed by atoms with Crippen molar-refractivity contribution in [2.75, 3.05) is 18.4 Å². The molecule has 1 amide bonds. The Balaban J connectivity index is 1.27. The lowest BCUT2D eigenvalue weighted by Crippen LogP contribution is -2.50. The summed E-state index contributed by atoms with van der Waals surface area (Å²) in [7, 11) is 0. The van der Waals surface area contributed by atoms with E-state index < -0.39 is 0 Å². The molecule has 0 bridgehead atoms. The molecule has 6 rings (SSSR count). The number of nitrogens with one attached hydrogen (secondary N) is 2. The molecule has 170 valence electrons. The molecular weight excluding hydrogens is 436 g/mol. The predicted octanol–water partition coefficient (Wildman–Crippen LogP) is 4.05. The number of carbonyl (C=O) groups excluding carboxylic acids is 1. The zero-order valence-corrected chi connectivity index (χ0v) is 19.5. The summed E-state index contributed by atoms with van der Waals surface area (Å²) < 4.78 is 5.81. The fourth-order valence-corrected chi connectivity index (χ4v) is 6.46. The SMILES string of the molecule is CC1CN(C(=O)C2CCc3c(sc4ncnc(Nc5ccc6[nH]ncc6c5)c34)C2)CC(C)O1. The van der Waals surface area contributed by atoms with Gasteiger partial charge in [0.25, 0.3) is 0 Å². The van der Waals surface area contributed by atoms with Crippen LogP contribution in [-0.2, 0) is 22.4 Å². The highest BCUT2D eigenvalue weighted by Gasteiger charge is 2.34. The van der Waals surface area contributed by atoms with Gasteiger partial charge in [0.1, 0.15) is 17.0 Å². The number of nitrogens with zero attached hydrogens (tertiary/aromatic N) is 4. The van der Waals surface area contributed by atoms with Gasteiger partial charge in [-0.2, -0.15) is 5.10 Å². The Hall–Kier alpha value is -3.04. The predicted molar refractivity (Wildman–Crippen MR) is 129 cm³/mol. The summed E-state index contributed by atoms with van der Waals surface area (Å²) in [6, 6.07) is 6.09. The molecular formula is C24H26N6O2S. The van der Waals surface area contributed by atoms with Gasteiger partial charge in [-0.3, -0.25) is 9.89 Å². The highest BCUT2D eigenvalue weighted by Crippen LogP contribution is 2.41. The molecule has 1 aliphatic heterocycles. The van der Waals surface area contributed by atoms with Crippen molar-refractivity contribution < 1.29 is 9.53 Å². The molecule has 1 aliphatic carbocycles. The van der Waals surface area contributed by atoms with Crippen molar-refractivity contribution in [3.8, 4) is 0 Å². The number of hydrogen-bond acceptors (Lipinski definition) is 7. The number of aryl methyl sites for hydroxylation is 1. The van der Waals surface area contributed by atoms with Crippen molar-refractivity contribution in [1.29, 1.82) is 0 Å². The third-order valence-electron chi connectivity index (χ3n) is 6.63. The first-order chi connectivity index (χ1) is 16.0. The minimum Gasteiger partial charge on any atom is -0.372 e. The Morgan fingerprint density at radius 2 is 2.09 bits per heavy atom. The van der Waals surface area contributed by atoms with Crippen LogP contribution in [0.25, 0.3) is 21.1 Å². The molecule has 0 radical (unpaired) electrons. The van der Waals surface area contributed by atoms with E-state index in [0.29, 0.717) is 13.1 Å². The van der Waals surface area contributed by atoms with Crippen LogP contribution in [0.4, 0.5) is 11.5 Å². The van der Waals surface area contributed by atoms with Crippen LogP contribution in [0.2, 0.25) is 0 Å². The maximum absolute atomic E-state index is 13.3. The van der Waals surface area contributed by atoms with Crippen LogP contribution in [-0.4, -0.2) is 56.3 Å². The third kappa shape index (κ3) is 3.75. The van der Waals surface area contributed by atoms with Crippen molar-refractivity contribution in [1.82, 2.24) is 25.1 Å². The highest BCUT2D eigenvalue weighted by molar-refractivity contribution is 7.19. The Labute approximate surface area is 195 Å². The Morgan fingerprint density at radius 1 is 1.24 bits per heavy atom. The molecule has 2 N–H and O–H groups in total. The Kier molecular flexibility index (Phi) is 5.03. The van der Waals surface area contributed by atoms with Crippen molar-refractivity contribution in [2.24, 2.45) is 5.92 Å². The molecule has 3 unspecified atom stereocenters. The van der Waals surface area contributed by atoms with Gasteiger partial charge in [0, 0.05) is 35.0 Å². The fourth-order valence-electron chi connectivity index (χ4n) is 5.19. The van der Waals surface area contributed by atoms with Gasteiger partial charge in [-0.1, -0.05) is 0 Å². The highest BCUT2D eigenvalue weighted by atomic mass is 32.1. The number of hydrogen-bond donors (Lipinski definition) is 2. The normalized spacial score (nSPS) is 23.1. The second-order valence-electron chi connectivity index (χ2n) is 9.14. The first-order valence-corrected chi connectivity index (χ1v) is 12.3. The van der Waals surface area contributed by atoms with Crippen molar-refractivity contribution in [2.45, 2.75) is 45.3 Å². The standard InChI is InChI=1S/C24H26N6O2S/c1-13-10-30(11-14(2)32-13)24(31)15-3-5-18-20(8-15)33-23-21(18)22(25-12-26-23)28-17-4-6-19-16(7-17)9-27-29-19/h4,6-7,9,12-15H,3,5,8,10-11H2,1-2H3,(H,27,29)(H,25,26,28). The van der Waals surface area contributed by atoms with Gasteiger partial charge < -0.3 is 15.0 Å². The first-order valence-electron chi connectivity index (χ1n) is 11.4. The van der Waals surface area contributed by atoms with E-state index in [-0.39, 0.29) is 24.0 Å². The maximum Gasteiger partial charge on any atom is 0.226 e. The number of aromatic amines is 1. The monoisotopic (exact) mass is 462 g/mol. The molecule has 8 nitrogen and oxygen atoms in total. The van der Waals surface area contributed by atoms with E-state index in [0.717, 1.165) is 51.9 Å². The summed E-state index contributed by atoms with van der Waals surface area (Å²) in [5.41, 5.74) is 3.25. The molecule has 4 aromatic rings. The number of morpholine rings is 1. The summed E-state index contributed by atoms with van der Waals surface area (Å²) in [5.74, 6) is 1.11. The van der Waals surface area contributed by atoms with E-state index in [4.69, 9.17) is 4.74 Å². The minimum atomic E-state index is 0.0240. The lowest BCUT2D eigenvalue weighted by molar-refractivity contribution is -0.147. The average Bonchev–Trinajstić information content (AvgIpc) is 3.41. The summed E-state index contributed by atoms with van der Waals surface area (Å²) >= 11 is 1.70. The van der Waals surface area contributed by atoms with E-state index in [1.165, 1.54) is 10.4 Å². The molecule has 3 atom stereocenters. The summed E-state index contributed by atoms with van der Waals surface area (Å²) in [4.78, 5) is 26.6. The molecule has 4 heterocycles. The molecule has 3 aromatic heterocycles. The number of benzene rings is 1. The number of anilines is 2. The molecule has 9 heteroatoms. The van der Waals surface area contributed by atoms with Gasteiger partial charge >= 0.3 is 0 Å². The van der Waals surface area contributed by atoms with Crippen molar-refractivity contribution >= 4 is 49.9 Å². The van der Waals surface area contributed by atoms with Crippen LogP contribution in [0, 0.1) is 5.92 Å². The largest absolute Gasteiger partial charge is 0.372 e. The second-order valence-corrected chi connectivity index (χ2v) is 10.2. The quantitative estimate of drug-likeness (QED) is 0.477. The molecule has 0 spiro atoms. The van der Waals surface area contributed by atoms with Crippen molar-refractivity contribution in [3.63, 3.8) is 0 Å². The Morgan fingerprint density at radius 3 is 2.94 bits per heavy atom. The first kappa shape index (κ1) is 20.6. The number of fused-ring (bicyclic) bond motifs is 4. The van der Waals surface area contributed by atoms with E-state index in [2.05, 4.69) is 31.5 Å². The number of amides is 1. The lowest BCUT2D eigenvalue weighted by atomic mass is 9.86. The van der Waals surface area contributed by atoms with E-state index in [9.17, 15) is 4.79 Å². The summed E-state index contributed by atoms with van der Waals surface area (Å²) in [6.07, 6.45) is 6.10. The van der Waals surface area contributed by atoms with Gasteiger partial charge in [0.15, 0.2) is 0 Å². The molecule has 1 saturated heterocycles. The Bertz CT molecular complexity index is 1340. The van der Waals surface area contributed by atoms with E-state index in [1.807, 2.05) is 37.1 Å². The van der Waals surface area contributed by atoms with Gasteiger partial charge in [-0.25, -0.2) is 9.97 Å². The molecule has 33 heavy (non-hydrogen) atoms. The van der Waals surface area contributed by atoms with Gasteiger partial charge in [0.2, 0.25) is 5.91 Å². The smallest absolute Gasteiger partial charge is 0.226 e. The van der Waals surface area contributed by atoms with E-state index in [1.54, 1.807) is 17.7 Å². The number of thiophene rings is 1. The van der Waals surface area contributed by atoms with Crippen LogP contribution in [0.5, 0.6) is 0 Å². The second kappa shape index (κ2) is 8.07. The molecule has 1 aromatic carbocycles. The average molecular weight is 463 g/mol. The van der Waals surface area contributed by atoms with Crippen LogP contribution in [0.15, 0.2) is 30.7 Å². The van der Waals surface area contributed by atoms with Crippen LogP contribution in [0.1, 0.15) is 30.7 Å². The topological polar surface area (TPSA) is 96.0 Å². The zero-order valence-electron chi connectivity index (χ0n) is 18.7. The zero-order chi connectivity index (χ0) is 22.5. The molecule has 0 saturated carbocycles. The van der Waals surface area contributed by atoms with Crippen LogP contribution >= 0.6 is 11.3 Å². The number of rotatable bonds is 3. The summed E-state index contributed by atoms with van der Waals surface area (Å²) in [5, 5.41) is 12.7. The van der Waals surface area contributed by atoms with Crippen LogP contribution < -0.4 is 5.32 Å². The number of carbonyl (C=O) groups is 1. The lowest BCUT2D eigenvalue weighted by Gasteiger charge is -2.37. The molecule has 1 fully saturated rings. The fraction of sp³-hybridized carbons (Fsp3) is 0.417. The minimum absolute atomic E-state index is 0.0240. The number of aromatic nitrogens is 4. The molecule has 2 aliphatic rings. The van der Waals surface area contributed by atoms with E-state index >= 15 is 0 Å². The maximum atomic E-state index is 13.3. The number of ether oxygens (including phenoxy) is 1. The van der Waals surface area contributed by atoms with Crippen molar-refractivity contribution in [3.05, 3.63) is 41.2 Å².